The van der Waals surface area contributed by atoms with Gasteiger partial charge in [-0.05, 0) is 55.3 Å². The summed E-state index contributed by atoms with van der Waals surface area (Å²) in [6.07, 6.45) is 8.26. The molecule has 0 radical (unpaired) electrons. The lowest BCUT2D eigenvalue weighted by Gasteiger charge is -2.34. The molecule has 0 spiro atoms. The smallest absolute Gasteiger partial charge is 0.0438 e. The predicted octanol–water partition coefficient (Wildman–Crippen LogP) is 5.91. The van der Waals surface area contributed by atoms with Crippen molar-refractivity contribution in [1.29, 1.82) is 0 Å². The average Bonchev–Trinajstić information content (AvgIpc) is 2.49. The van der Waals surface area contributed by atoms with Crippen molar-refractivity contribution < 1.29 is 0 Å². The van der Waals surface area contributed by atoms with Gasteiger partial charge in [0.2, 0.25) is 0 Å². The van der Waals surface area contributed by atoms with Crippen molar-refractivity contribution in [2.24, 2.45) is 11.8 Å². The van der Waals surface area contributed by atoms with E-state index in [4.69, 9.17) is 11.6 Å². The number of nitrogens with one attached hydrogen (secondary N) is 1. The molecule has 1 atom stereocenters. The normalized spacial score (nSPS) is 24.0. The van der Waals surface area contributed by atoms with Crippen LogP contribution in [0.15, 0.2) is 18.2 Å². The Morgan fingerprint density at radius 1 is 1.19 bits per heavy atom. The maximum Gasteiger partial charge on any atom is 0.0438 e. The van der Waals surface area contributed by atoms with E-state index in [2.05, 4.69) is 44.3 Å². The van der Waals surface area contributed by atoms with E-state index in [0.717, 1.165) is 23.4 Å². The van der Waals surface area contributed by atoms with E-state index >= 15 is 0 Å². The SMILES string of the molecule is CCCC1CCC(C(NCC)c2ccc(C)c(Cl)c2)CC1. The Balaban J connectivity index is 2.07. The van der Waals surface area contributed by atoms with Gasteiger partial charge in [0.1, 0.15) is 0 Å². The van der Waals surface area contributed by atoms with Crippen molar-refractivity contribution in [2.75, 3.05) is 6.54 Å². The van der Waals surface area contributed by atoms with Crippen molar-refractivity contribution >= 4 is 11.6 Å². The van der Waals surface area contributed by atoms with Gasteiger partial charge in [-0.1, -0.05) is 63.3 Å². The highest BCUT2D eigenvalue weighted by atomic mass is 35.5. The summed E-state index contributed by atoms with van der Waals surface area (Å²) in [6, 6.07) is 7.05. The van der Waals surface area contributed by atoms with Crippen LogP contribution in [-0.4, -0.2) is 6.54 Å². The van der Waals surface area contributed by atoms with Crippen LogP contribution in [-0.2, 0) is 0 Å². The number of aryl methyl sites for hydroxylation is 1. The topological polar surface area (TPSA) is 12.0 Å². The van der Waals surface area contributed by atoms with Crippen LogP contribution >= 0.6 is 11.6 Å². The van der Waals surface area contributed by atoms with Crippen LogP contribution in [0.25, 0.3) is 0 Å². The zero-order valence-electron chi connectivity index (χ0n) is 13.8. The van der Waals surface area contributed by atoms with Gasteiger partial charge in [0.25, 0.3) is 0 Å². The molecule has 1 aliphatic rings. The summed E-state index contributed by atoms with van der Waals surface area (Å²) in [4.78, 5) is 0. The van der Waals surface area contributed by atoms with Gasteiger partial charge in [0, 0.05) is 11.1 Å². The van der Waals surface area contributed by atoms with Crippen LogP contribution in [0.1, 0.15) is 69.5 Å². The van der Waals surface area contributed by atoms with Gasteiger partial charge < -0.3 is 5.32 Å². The first-order valence-electron chi connectivity index (χ1n) is 8.65. The molecule has 118 valence electrons. The summed E-state index contributed by atoms with van der Waals surface area (Å²) in [7, 11) is 0. The predicted molar refractivity (Wildman–Crippen MR) is 93.0 cm³/mol. The highest BCUT2D eigenvalue weighted by Gasteiger charge is 2.28. The van der Waals surface area contributed by atoms with Crippen molar-refractivity contribution in [3.8, 4) is 0 Å². The third-order valence-corrected chi connectivity index (χ3v) is 5.45. The Bertz CT molecular complexity index is 435. The van der Waals surface area contributed by atoms with E-state index in [-0.39, 0.29) is 0 Å². The molecular weight excluding hydrogens is 278 g/mol. The zero-order chi connectivity index (χ0) is 15.2. The minimum atomic E-state index is 0.468. The second-order valence-corrected chi connectivity index (χ2v) is 7.02. The molecule has 2 rings (SSSR count). The minimum Gasteiger partial charge on any atom is -0.310 e. The number of halogens is 1. The Morgan fingerprint density at radius 2 is 1.90 bits per heavy atom. The fourth-order valence-corrected chi connectivity index (χ4v) is 3.99. The molecular formula is C19H30ClN. The molecule has 0 aromatic heterocycles. The van der Waals surface area contributed by atoms with Crippen LogP contribution in [0, 0.1) is 18.8 Å². The summed E-state index contributed by atoms with van der Waals surface area (Å²) in [5.74, 6) is 1.73. The molecule has 21 heavy (non-hydrogen) atoms. The fourth-order valence-electron chi connectivity index (χ4n) is 3.80. The van der Waals surface area contributed by atoms with Crippen LogP contribution in [0.4, 0.5) is 0 Å². The fraction of sp³-hybridized carbons (Fsp3) is 0.684. The van der Waals surface area contributed by atoms with Crippen molar-refractivity contribution in [2.45, 2.75) is 65.3 Å². The first-order valence-corrected chi connectivity index (χ1v) is 9.02. The number of hydrogen-bond acceptors (Lipinski definition) is 1. The third kappa shape index (κ3) is 4.47. The highest BCUT2D eigenvalue weighted by Crippen LogP contribution is 2.39. The molecule has 0 bridgehead atoms. The highest BCUT2D eigenvalue weighted by molar-refractivity contribution is 6.31. The van der Waals surface area contributed by atoms with E-state index in [1.165, 1.54) is 49.7 Å². The molecule has 2 heteroatoms. The van der Waals surface area contributed by atoms with E-state index < -0.39 is 0 Å². The molecule has 1 fully saturated rings. The maximum atomic E-state index is 6.33. The Kier molecular flexibility index (Phi) is 6.57. The molecule has 1 unspecified atom stereocenters. The molecule has 1 aromatic rings. The lowest BCUT2D eigenvalue weighted by Crippen LogP contribution is -2.31. The van der Waals surface area contributed by atoms with Gasteiger partial charge in [-0.3, -0.25) is 0 Å². The second kappa shape index (κ2) is 8.19. The van der Waals surface area contributed by atoms with Gasteiger partial charge >= 0.3 is 0 Å². The summed E-state index contributed by atoms with van der Waals surface area (Å²) in [5, 5.41) is 4.60. The summed E-state index contributed by atoms with van der Waals surface area (Å²) in [5.41, 5.74) is 2.54. The van der Waals surface area contributed by atoms with Crippen molar-refractivity contribution in [3.63, 3.8) is 0 Å². The van der Waals surface area contributed by atoms with Crippen LogP contribution < -0.4 is 5.32 Å². The van der Waals surface area contributed by atoms with E-state index in [9.17, 15) is 0 Å². The maximum absolute atomic E-state index is 6.33. The van der Waals surface area contributed by atoms with E-state index in [1.54, 1.807) is 0 Å². The molecule has 1 aliphatic carbocycles. The third-order valence-electron chi connectivity index (χ3n) is 5.04. The average molecular weight is 308 g/mol. The van der Waals surface area contributed by atoms with Gasteiger partial charge in [0.15, 0.2) is 0 Å². The van der Waals surface area contributed by atoms with Gasteiger partial charge in [-0.25, -0.2) is 0 Å². The molecule has 1 nitrogen and oxygen atoms in total. The second-order valence-electron chi connectivity index (χ2n) is 6.61. The largest absolute Gasteiger partial charge is 0.310 e. The Labute approximate surface area is 135 Å². The summed E-state index contributed by atoms with van der Waals surface area (Å²) in [6.45, 7) is 7.60. The van der Waals surface area contributed by atoms with E-state index in [1.807, 2.05) is 0 Å². The molecule has 0 heterocycles. The minimum absolute atomic E-state index is 0.468. The van der Waals surface area contributed by atoms with Crippen molar-refractivity contribution in [3.05, 3.63) is 34.3 Å². The molecule has 0 saturated heterocycles. The molecule has 1 aromatic carbocycles. The lowest BCUT2D eigenvalue weighted by molar-refractivity contribution is 0.216. The van der Waals surface area contributed by atoms with Crippen molar-refractivity contribution in [1.82, 2.24) is 5.32 Å². The summed E-state index contributed by atoms with van der Waals surface area (Å²) >= 11 is 6.33. The van der Waals surface area contributed by atoms with Gasteiger partial charge in [0.05, 0.1) is 0 Å². The first-order chi connectivity index (χ1) is 10.2. The summed E-state index contributed by atoms with van der Waals surface area (Å²) < 4.78 is 0. The Morgan fingerprint density at radius 3 is 2.48 bits per heavy atom. The molecule has 1 saturated carbocycles. The van der Waals surface area contributed by atoms with E-state index in [0.29, 0.717) is 6.04 Å². The number of hydrogen-bond donors (Lipinski definition) is 1. The monoisotopic (exact) mass is 307 g/mol. The van der Waals surface area contributed by atoms with Crippen LogP contribution in [0.5, 0.6) is 0 Å². The molecule has 0 aliphatic heterocycles. The first kappa shape index (κ1) is 16.8. The molecule has 0 amide bonds. The zero-order valence-corrected chi connectivity index (χ0v) is 14.5. The quantitative estimate of drug-likeness (QED) is 0.689. The van der Waals surface area contributed by atoms with Crippen LogP contribution in [0.3, 0.4) is 0 Å². The number of benzene rings is 1. The van der Waals surface area contributed by atoms with Gasteiger partial charge in [-0.15, -0.1) is 0 Å². The standard InChI is InChI=1S/C19H30ClN/c1-4-6-15-8-11-16(12-9-15)19(21-5-2)17-10-7-14(3)18(20)13-17/h7,10,13,15-16,19,21H,4-6,8-9,11-12H2,1-3H3. The lowest BCUT2D eigenvalue weighted by atomic mass is 9.75. The van der Waals surface area contributed by atoms with Gasteiger partial charge in [-0.2, -0.15) is 0 Å². The molecule has 1 N–H and O–H groups in total. The Hall–Kier alpha value is -0.530. The number of rotatable bonds is 6. The van der Waals surface area contributed by atoms with Crippen LogP contribution in [0.2, 0.25) is 5.02 Å².